The number of benzene rings is 5. The van der Waals surface area contributed by atoms with Gasteiger partial charge in [-0.2, -0.15) is 0 Å². The van der Waals surface area contributed by atoms with E-state index in [9.17, 15) is 57.5 Å². The van der Waals surface area contributed by atoms with Crippen molar-refractivity contribution in [3.05, 3.63) is 184 Å². The molecular formula is C112H153N19O12S4. The fraction of sp³-hybridized carbons (Fsp3) is 0.580. The number of para-hydroxylation sites is 4. The third-order valence-corrected chi connectivity index (χ3v) is 37.7. The molecular weight excluding hydrogens is 1930 g/mol. The SMILES string of the molecule is CC(C)CCN1C(=O)C(CC(=O)N2CCC(N3Cc4ccccc4NC3=O)CC2)SC12CCC2.CC(C)CCN1C(=O)C(CC(=O)N2CCC(N3Cc4ccccc4NC3=O)CC2)SC1CC(C)(C)C.CN1C(=O)C(CC(=O)N2CCC(N3Cc4ccccc4NC3=O)CC2)SC1c1ccccc1.CN1CCN(c2ccccc2[C@@H]2SC(CC(=O)N3CCC(n4c(=O)[nH]c5ncccc54)CC3)C(=O)N2CCC(C)(C)C)CC1.[HH]. The number of hydrogen-bond donors (Lipinski definition) is 4. The van der Waals surface area contributed by atoms with Crippen LogP contribution in [0.5, 0.6) is 0 Å². The number of thioether (sulfide) groups is 4. The molecule has 147 heavy (non-hydrogen) atoms. The lowest BCUT2D eigenvalue weighted by Crippen LogP contribution is -2.51. The maximum absolute atomic E-state index is 14.0. The van der Waals surface area contributed by atoms with Gasteiger partial charge < -0.3 is 79.6 Å². The summed E-state index contributed by atoms with van der Waals surface area (Å²) >= 11 is 6.62. The summed E-state index contributed by atoms with van der Waals surface area (Å²) in [6, 6.07) is 46.1. The number of H-pyrrole nitrogens is 1. The highest BCUT2D eigenvalue weighted by molar-refractivity contribution is 8.02. The van der Waals surface area contributed by atoms with Crippen LogP contribution in [0, 0.1) is 22.7 Å². The minimum absolute atomic E-state index is 0. The van der Waals surface area contributed by atoms with Crippen LogP contribution in [-0.4, -0.2) is 300 Å². The van der Waals surface area contributed by atoms with Crippen LogP contribution < -0.4 is 26.5 Å². The molecule has 1 saturated carbocycles. The molecule has 0 bridgehead atoms. The zero-order valence-electron chi connectivity index (χ0n) is 87.8. The van der Waals surface area contributed by atoms with Gasteiger partial charge in [0.15, 0.2) is 5.65 Å². The number of amides is 14. The van der Waals surface area contributed by atoms with E-state index in [1.165, 1.54) is 17.7 Å². The summed E-state index contributed by atoms with van der Waals surface area (Å²) in [5, 5.41) is 7.64. The Morgan fingerprint density at radius 1 is 0.442 bits per heavy atom. The smallest absolute Gasteiger partial charge is 0.327 e. The fourth-order valence-electron chi connectivity index (χ4n) is 22.6. The molecule has 1 aliphatic carbocycles. The largest absolute Gasteiger partial charge is 0.369 e. The molecule has 0 radical (unpaired) electrons. The zero-order chi connectivity index (χ0) is 104. The Balaban J connectivity index is 0.000000141. The number of nitrogens with zero attached hydrogens (tertiary/aromatic N) is 15. The summed E-state index contributed by atoms with van der Waals surface area (Å²) in [5.74, 6) is 1.66. The third-order valence-electron chi connectivity index (χ3n) is 31.5. The van der Waals surface area contributed by atoms with Gasteiger partial charge in [-0.25, -0.2) is 24.2 Å². The number of nitrogens with one attached hydrogen (secondary N) is 4. The quantitative estimate of drug-likeness (QED) is 0.0437. The number of piperidine rings is 4. The van der Waals surface area contributed by atoms with E-state index in [0.717, 1.165) is 161 Å². The van der Waals surface area contributed by atoms with Crippen LogP contribution in [0.3, 0.4) is 0 Å². The number of aromatic amines is 1. The number of fused-ring (bicyclic) bond motifs is 4. The third kappa shape index (κ3) is 25.6. The van der Waals surface area contributed by atoms with Crippen LogP contribution in [0.25, 0.3) is 11.2 Å². The molecule has 4 N–H and O–H groups in total. The fourth-order valence-corrected chi connectivity index (χ4v) is 29.2. The molecule has 12 aliphatic heterocycles. The standard InChI is InChI=1S/C33H45N7O3S.C28H42N4O3S.C26H36N4O3S.C25H28N4O3S.H2/c1-33(2,3)13-17-39-30(42)27(44-31(39)24-8-5-6-9-25(24)37-20-18-36(4)19-21-37)22-28(41)38-15-11-23(12-16-38)40-26-10-7-14-34-29(26)35-32(40)43;1-19(2)10-15-31-25(17-28(3,4)5)36-23(26(31)34)16-24(33)30-13-11-21(12-14-30)32-18-20-8-6-7-9-22(20)29-27(32)35;1-18(2)8-15-30-24(32)22(34-26(30)11-5-12-26)16-23(31)28-13-9-20(10-14-28)29-17-19-6-3-4-7-21(19)27-25(29)33;1-27-23(31)21(33-24(27)17-7-3-2-4-8-17)15-22(30)28-13-11-19(12-14-28)29-16-18-9-5-6-10-20(18)26-25(29)32;/h5-10,14,23,27,31H,11-13,15-22H2,1-4H3,(H,34,35,43);6-9,19,21,23,25H,10-18H2,1-5H3,(H,29,35);3-4,6-7,18,20,22H,5,8-17H2,1-2H3,(H,27,33);2-10,19,21,24H,11-16H2,1H3,(H,26,32);1H/t27?,31-;;;;/m0..../s1. The number of aromatic nitrogens is 3. The number of likely N-dealkylation sites (N-methyl/N-ethyl adjacent to an activating group) is 1. The molecule has 14 amide bonds. The predicted octanol–water partition coefficient (Wildman–Crippen LogP) is 17.5. The van der Waals surface area contributed by atoms with Crippen molar-refractivity contribution in [1.29, 1.82) is 0 Å². The number of carbonyl (C=O) groups is 11. The second-order valence-corrected chi connectivity index (χ2v) is 50.7. The molecule has 31 nitrogen and oxygen atoms in total. The van der Waals surface area contributed by atoms with Crippen molar-refractivity contribution in [3.8, 4) is 0 Å². The van der Waals surface area contributed by atoms with Crippen LogP contribution in [0.4, 0.5) is 37.1 Å². The molecule has 10 fully saturated rings. The number of urea groups is 3. The average Bonchev–Trinajstić information content (AvgIpc) is 1.59. The predicted molar refractivity (Wildman–Crippen MR) is 587 cm³/mol. The molecule has 14 heterocycles. The maximum Gasteiger partial charge on any atom is 0.327 e. The van der Waals surface area contributed by atoms with E-state index < -0.39 is 5.25 Å². The zero-order valence-corrected chi connectivity index (χ0v) is 91.0. The maximum atomic E-state index is 14.0. The highest BCUT2D eigenvalue weighted by atomic mass is 32.2. The molecule has 7 atom stereocenters. The van der Waals surface area contributed by atoms with Gasteiger partial charge in [-0.15, -0.1) is 47.0 Å². The van der Waals surface area contributed by atoms with Gasteiger partial charge in [0.2, 0.25) is 47.3 Å². The summed E-state index contributed by atoms with van der Waals surface area (Å²) in [4.78, 5) is 190. The van der Waals surface area contributed by atoms with Crippen molar-refractivity contribution >= 4 is 146 Å². The number of rotatable bonds is 24. The van der Waals surface area contributed by atoms with Crippen molar-refractivity contribution in [2.75, 3.05) is 133 Å². The molecule has 792 valence electrons. The topological polar surface area (TPSA) is 317 Å². The molecule has 6 unspecified atom stereocenters. The Morgan fingerprint density at radius 2 is 0.871 bits per heavy atom. The molecule has 1 spiro atoms. The van der Waals surface area contributed by atoms with E-state index in [4.69, 9.17) is 0 Å². The molecule has 20 rings (SSSR count). The lowest BCUT2D eigenvalue weighted by Gasteiger charge is -2.44. The van der Waals surface area contributed by atoms with E-state index in [2.05, 4.69) is 147 Å². The molecule has 5 aromatic carbocycles. The number of pyridine rings is 1. The van der Waals surface area contributed by atoms with Gasteiger partial charge in [-0.1, -0.05) is 172 Å². The Morgan fingerprint density at radius 3 is 1.34 bits per heavy atom. The number of anilines is 4. The van der Waals surface area contributed by atoms with Crippen molar-refractivity contribution in [2.45, 2.75) is 277 Å². The van der Waals surface area contributed by atoms with Crippen molar-refractivity contribution < 1.29 is 54.2 Å². The van der Waals surface area contributed by atoms with Crippen LogP contribution in [0.1, 0.15) is 237 Å². The molecule has 35 heteroatoms. The summed E-state index contributed by atoms with van der Waals surface area (Å²) in [5.41, 5.74) is 10.9. The van der Waals surface area contributed by atoms with Crippen molar-refractivity contribution in [3.63, 3.8) is 0 Å². The van der Waals surface area contributed by atoms with Gasteiger partial charge in [0.1, 0.15) is 10.7 Å². The normalized spacial score (nSPS) is 23.3. The molecule has 13 aliphatic rings. The number of piperazine rings is 1. The summed E-state index contributed by atoms with van der Waals surface area (Å²) in [7, 11) is 3.97. The summed E-state index contributed by atoms with van der Waals surface area (Å²) in [6.07, 6.45) is 15.7. The lowest BCUT2D eigenvalue weighted by molar-refractivity contribution is -0.138. The average molecular weight is 2090 g/mol. The Bertz CT molecular complexity index is 5940. The number of hydrogen-bond acceptors (Lipinski definition) is 19. The highest BCUT2D eigenvalue weighted by Crippen LogP contribution is 2.56. The first-order valence-electron chi connectivity index (χ1n) is 53.5. The van der Waals surface area contributed by atoms with E-state index in [0.29, 0.717) is 115 Å². The monoisotopic (exact) mass is 2080 g/mol. The van der Waals surface area contributed by atoms with E-state index >= 15 is 0 Å². The lowest BCUT2D eigenvalue weighted by atomic mass is 9.89. The number of carbonyl (C=O) groups excluding carboxylic acids is 11. The molecule has 2 aromatic heterocycles. The van der Waals surface area contributed by atoms with Crippen molar-refractivity contribution in [1.82, 2.24) is 73.3 Å². The second kappa shape index (κ2) is 47.2. The first-order valence-corrected chi connectivity index (χ1v) is 57.2. The highest BCUT2D eigenvalue weighted by Gasteiger charge is 2.56. The van der Waals surface area contributed by atoms with Gasteiger partial charge in [0.25, 0.3) is 0 Å². The minimum Gasteiger partial charge on any atom is -0.369 e. The van der Waals surface area contributed by atoms with Gasteiger partial charge in [0, 0.05) is 211 Å². The van der Waals surface area contributed by atoms with Gasteiger partial charge in [0.05, 0.1) is 36.8 Å². The summed E-state index contributed by atoms with van der Waals surface area (Å²) < 4.78 is 1.79. The minimum atomic E-state index is -0.409. The molecule has 7 aromatic rings. The number of imidazole rings is 1. The van der Waals surface area contributed by atoms with Crippen LogP contribution in [0.2, 0.25) is 0 Å². The molecule has 9 saturated heterocycles. The van der Waals surface area contributed by atoms with Gasteiger partial charge in [-0.3, -0.25) is 47.9 Å². The van der Waals surface area contributed by atoms with Crippen LogP contribution >= 0.6 is 47.0 Å². The van der Waals surface area contributed by atoms with Crippen molar-refractivity contribution in [2.24, 2.45) is 22.7 Å². The van der Waals surface area contributed by atoms with Crippen LogP contribution in [0.15, 0.2) is 151 Å². The van der Waals surface area contributed by atoms with E-state index in [-0.39, 0.29) is 163 Å². The van der Waals surface area contributed by atoms with E-state index in [1.54, 1.807) is 62.7 Å². The summed E-state index contributed by atoms with van der Waals surface area (Å²) in [6.45, 7) is 34.9. The Labute approximate surface area is 884 Å². The van der Waals surface area contributed by atoms with E-state index in [1.807, 2.05) is 160 Å². The first kappa shape index (κ1) is 108. The Hall–Kier alpha value is -10.8. The second-order valence-electron chi connectivity index (χ2n) is 45.2. The first-order chi connectivity index (χ1) is 70.5. The number of likely N-dealkylation sites (tertiary alicyclic amines) is 4. The Kier molecular flexibility index (Phi) is 34.5. The van der Waals surface area contributed by atoms with Gasteiger partial charge >= 0.3 is 23.8 Å². The van der Waals surface area contributed by atoms with Gasteiger partial charge in [-0.05, 0) is 185 Å². The van der Waals surface area contributed by atoms with Crippen LogP contribution in [-0.2, 0) is 58.0 Å².